The minimum atomic E-state index is -0.179. The highest BCUT2D eigenvalue weighted by molar-refractivity contribution is 7.25. The minimum Gasteiger partial charge on any atom is -0.310 e. The molecule has 0 bridgehead atoms. The molecular formula is C45H36N2S. The van der Waals surface area contributed by atoms with Crippen molar-refractivity contribution in [1.29, 1.82) is 0 Å². The Morgan fingerprint density at radius 1 is 0.583 bits per heavy atom. The number of thiophene rings is 1. The lowest BCUT2D eigenvalue weighted by Crippen LogP contribution is -2.30. The van der Waals surface area contributed by atoms with Gasteiger partial charge in [0.15, 0.2) is 0 Å². The highest BCUT2D eigenvalue weighted by atomic mass is 32.1. The summed E-state index contributed by atoms with van der Waals surface area (Å²) in [7, 11) is 0. The summed E-state index contributed by atoms with van der Waals surface area (Å²) in [5.41, 5.74) is 13.5. The molecular weight excluding hydrogens is 601 g/mol. The van der Waals surface area contributed by atoms with Gasteiger partial charge < -0.3 is 9.47 Å². The van der Waals surface area contributed by atoms with Crippen molar-refractivity contribution < 1.29 is 0 Å². The van der Waals surface area contributed by atoms with Crippen LogP contribution in [0.3, 0.4) is 0 Å². The van der Waals surface area contributed by atoms with Gasteiger partial charge in [0.25, 0.3) is 0 Å². The summed E-state index contributed by atoms with van der Waals surface area (Å²) in [5.74, 6) is 0. The number of rotatable bonds is 4. The Morgan fingerprint density at radius 2 is 1.31 bits per heavy atom. The van der Waals surface area contributed by atoms with Gasteiger partial charge >= 0.3 is 0 Å². The van der Waals surface area contributed by atoms with Crippen LogP contribution in [0.5, 0.6) is 0 Å². The number of allylic oxidation sites excluding steroid dienone is 1. The second-order valence-electron chi connectivity index (χ2n) is 13.4. The van der Waals surface area contributed by atoms with Gasteiger partial charge in [0.1, 0.15) is 0 Å². The Morgan fingerprint density at radius 3 is 2.19 bits per heavy atom. The Balaban J connectivity index is 1.21. The van der Waals surface area contributed by atoms with Crippen LogP contribution in [0.4, 0.5) is 17.1 Å². The van der Waals surface area contributed by atoms with E-state index >= 15 is 0 Å². The van der Waals surface area contributed by atoms with Gasteiger partial charge in [0, 0.05) is 48.0 Å². The number of fused-ring (bicyclic) bond motifs is 6. The average molecular weight is 637 g/mol. The summed E-state index contributed by atoms with van der Waals surface area (Å²) >= 11 is 1.87. The molecule has 48 heavy (non-hydrogen) atoms. The lowest BCUT2D eigenvalue weighted by Gasteiger charge is -2.42. The van der Waals surface area contributed by atoms with E-state index in [0.29, 0.717) is 0 Å². The van der Waals surface area contributed by atoms with Gasteiger partial charge in [-0.1, -0.05) is 92.7 Å². The van der Waals surface area contributed by atoms with Crippen molar-refractivity contribution >= 4 is 65.6 Å². The molecule has 0 atom stereocenters. The maximum atomic E-state index is 2.47. The number of hydrogen-bond donors (Lipinski definition) is 0. The van der Waals surface area contributed by atoms with E-state index in [9.17, 15) is 0 Å². The summed E-state index contributed by atoms with van der Waals surface area (Å²) in [6.07, 6.45) is 4.36. The number of benzene rings is 6. The van der Waals surface area contributed by atoms with E-state index in [1.807, 2.05) is 11.3 Å². The van der Waals surface area contributed by atoms with Crippen molar-refractivity contribution in [3.05, 3.63) is 162 Å². The first-order chi connectivity index (χ1) is 23.4. The van der Waals surface area contributed by atoms with Crippen molar-refractivity contribution in [1.82, 2.24) is 4.57 Å². The van der Waals surface area contributed by atoms with Crippen LogP contribution in [0.1, 0.15) is 43.2 Å². The summed E-state index contributed by atoms with van der Waals surface area (Å²) < 4.78 is 5.06. The second kappa shape index (κ2) is 10.8. The lowest BCUT2D eigenvalue weighted by atomic mass is 9.73. The molecule has 6 aromatic carbocycles. The smallest absolute Gasteiger partial charge is 0.0537 e. The number of para-hydroxylation sites is 2. The Bertz CT molecular complexity index is 2580. The number of anilines is 3. The van der Waals surface area contributed by atoms with Gasteiger partial charge in [-0.15, -0.1) is 11.3 Å². The van der Waals surface area contributed by atoms with Gasteiger partial charge in [-0.3, -0.25) is 0 Å². The zero-order chi connectivity index (χ0) is 32.6. The lowest BCUT2D eigenvalue weighted by molar-refractivity contribution is 0.632. The van der Waals surface area contributed by atoms with Crippen molar-refractivity contribution in [2.45, 2.75) is 33.1 Å². The molecule has 1 aliphatic heterocycles. The fourth-order valence-corrected chi connectivity index (χ4v) is 8.98. The highest BCUT2D eigenvalue weighted by Crippen LogP contribution is 2.53. The molecule has 0 radical (unpaired) electrons. The van der Waals surface area contributed by atoms with Gasteiger partial charge in [0.2, 0.25) is 0 Å². The van der Waals surface area contributed by atoms with Crippen molar-refractivity contribution in [2.24, 2.45) is 0 Å². The van der Waals surface area contributed by atoms with Crippen molar-refractivity contribution in [3.63, 3.8) is 0 Å². The molecule has 2 aromatic heterocycles. The number of nitrogens with zero attached hydrogens (tertiary/aromatic N) is 2. The summed E-state index contributed by atoms with van der Waals surface area (Å²) in [6.45, 7) is 9.06. The van der Waals surface area contributed by atoms with Crippen LogP contribution in [0, 0.1) is 6.92 Å². The fourth-order valence-electron chi connectivity index (χ4n) is 7.90. The SMILES string of the molecule is C/C=C\c1c(C)c2ccccc2n1-c1cccc(-c2ccc3c(c2)C(C)(C)c2ccccc2N3c2ccc3sc4ccccc4c3c2)c1. The van der Waals surface area contributed by atoms with E-state index in [1.54, 1.807) is 0 Å². The van der Waals surface area contributed by atoms with Gasteiger partial charge in [0.05, 0.1) is 16.9 Å². The standard InChI is InChI=1S/C45H36N2S/c1-5-13-39-29(2)34-16-6-9-19-40(34)46(39)32-15-12-14-30(26-32)31-22-24-42-38(27-31)45(3,4)37-18-8-10-20-41(37)47(42)33-23-25-44-36(28-33)35-17-7-11-21-43(35)48-44/h5-28H,1-4H3/b13-5-. The molecule has 3 heteroatoms. The molecule has 0 spiro atoms. The molecule has 0 saturated carbocycles. The fraction of sp³-hybridized carbons (Fsp3) is 0.111. The van der Waals surface area contributed by atoms with E-state index in [-0.39, 0.29) is 5.41 Å². The van der Waals surface area contributed by atoms with Crippen molar-refractivity contribution in [3.8, 4) is 16.8 Å². The normalized spacial score (nSPS) is 13.9. The molecule has 0 aliphatic carbocycles. The third-order valence-corrected chi connectivity index (χ3v) is 11.4. The number of aromatic nitrogens is 1. The maximum Gasteiger partial charge on any atom is 0.0537 e. The molecule has 8 aromatic rings. The summed E-state index contributed by atoms with van der Waals surface area (Å²) in [6, 6.07) is 49.5. The average Bonchev–Trinajstić information content (AvgIpc) is 3.63. The molecule has 0 fully saturated rings. The molecule has 0 amide bonds. The van der Waals surface area contributed by atoms with E-state index in [0.717, 1.165) is 0 Å². The van der Waals surface area contributed by atoms with Crippen LogP contribution in [0.25, 0.3) is 54.0 Å². The Kier molecular flexibility index (Phi) is 6.50. The summed E-state index contributed by atoms with van der Waals surface area (Å²) in [5, 5.41) is 3.93. The predicted molar refractivity (Wildman–Crippen MR) is 208 cm³/mol. The topological polar surface area (TPSA) is 8.17 Å². The minimum absolute atomic E-state index is 0.179. The highest BCUT2D eigenvalue weighted by Gasteiger charge is 2.37. The number of hydrogen-bond acceptors (Lipinski definition) is 2. The molecule has 2 nitrogen and oxygen atoms in total. The third kappa shape index (κ3) is 4.24. The van der Waals surface area contributed by atoms with E-state index in [1.165, 1.54) is 87.3 Å². The summed E-state index contributed by atoms with van der Waals surface area (Å²) in [4.78, 5) is 2.47. The first-order valence-electron chi connectivity index (χ1n) is 16.7. The van der Waals surface area contributed by atoms with Gasteiger partial charge in [-0.25, -0.2) is 0 Å². The zero-order valence-corrected chi connectivity index (χ0v) is 28.5. The molecule has 1 aliphatic rings. The maximum absolute atomic E-state index is 2.47. The predicted octanol–water partition coefficient (Wildman–Crippen LogP) is 13.1. The monoisotopic (exact) mass is 636 g/mol. The van der Waals surface area contributed by atoms with E-state index in [2.05, 4.69) is 183 Å². The van der Waals surface area contributed by atoms with Crippen LogP contribution >= 0.6 is 11.3 Å². The zero-order valence-electron chi connectivity index (χ0n) is 27.7. The van der Waals surface area contributed by atoms with E-state index in [4.69, 9.17) is 0 Å². The van der Waals surface area contributed by atoms with Crippen LogP contribution in [-0.2, 0) is 5.41 Å². The van der Waals surface area contributed by atoms with Crippen LogP contribution in [-0.4, -0.2) is 4.57 Å². The van der Waals surface area contributed by atoms with Crippen LogP contribution < -0.4 is 4.90 Å². The second-order valence-corrected chi connectivity index (χ2v) is 14.5. The Labute approximate surface area is 285 Å². The largest absolute Gasteiger partial charge is 0.310 e. The molecule has 9 rings (SSSR count). The molecule has 3 heterocycles. The first-order valence-corrected chi connectivity index (χ1v) is 17.5. The van der Waals surface area contributed by atoms with Crippen LogP contribution in [0.15, 0.2) is 140 Å². The Hall–Kier alpha value is -5.38. The van der Waals surface area contributed by atoms with E-state index < -0.39 is 0 Å². The van der Waals surface area contributed by atoms with Crippen molar-refractivity contribution in [2.75, 3.05) is 4.90 Å². The first kappa shape index (κ1) is 28.8. The quantitative estimate of drug-likeness (QED) is 0.187. The molecule has 0 N–H and O–H groups in total. The van der Waals surface area contributed by atoms with Crippen LogP contribution in [0.2, 0.25) is 0 Å². The van der Waals surface area contributed by atoms with Gasteiger partial charge in [-0.05, 0) is 108 Å². The molecule has 0 unspecified atom stereocenters. The number of aryl methyl sites for hydroxylation is 1. The molecule has 0 saturated heterocycles. The molecule has 232 valence electrons. The van der Waals surface area contributed by atoms with Gasteiger partial charge in [-0.2, -0.15) is 0 Å². The third-order valence-electron chi connectivity index (χ3n) is 10.3.